The molecule has 0 bridgehead atoms. The fourth-order valence-electron chi connectivity index (χ4n) is 2.13. The van der Waals surface area contributed by atoms with Crippen molar-refractivity contribution in [3.05, 3.63) is 29.3 Å². The number of ether oxygens (including phenoxy) is 1. The van der Waals surface area contributed by atoms with Crippen molar-refractivity contribution >= 4 is 0 Å². The van der Waals surface area contributed by atoms with Crippen molar-refractivity contribution in [2.75, 3.05) is 7.11 Å². The maximum Gasteiger partial charge on any atom is 0.119 e. The number of fused-ring (bicyclic) bond motifs is 1. The fourth-order valence-corrected chi connectivity index (χ4v) is 2.13. The van der Waals surface area contributed by atoms with E-state index in [1.807, 2.05) is 18.2 Å². The lowest BCUT2D eigenvalue weighted by atomic mass is 9.99. The Morgan fingerprint density at radius 1 is 1.47 bits per heavy atom. The number of aliphatic hydroxyl groups excluding tert-OH is 1. The van der Waals surface area contributed by atoms with E-state index in [9.17, 15) is 5.11 Å². The number of rotatable bonds is 1. The molecule has 15 heavy (non-hydrogen) atoms. The largest absolute Gasteiger partial charge is 0.497 e. The van der Waals surface area contributed by atoms with Crippen LogP contribution in [0.4, 0.5) is 0 Å². The van der Waals surface area contributed by atoms with Crippen LogP contribution in [0.25, 0.3) is 0 Å². The Hall–Kier alpha value is -1.06. The number of methoxy groups -OCH3 is 1. The second-order valence-electron chi connectivity index (χ2n) is 4.07. The second kappa shape index (κ2) is 4.21. The highest BCUT2D eigenvalue weighted by atomic mass is 16.5. The van der Waals surface area contributed by atoms with Gasteiger partial charge in [0.05, 0.1) is 13.2 Å². The molecule has 0 unspecified atom stereocenters. The predicted octanol–water partition coefficient (Wildman–Crippen LogP) is 1.39. The first-order valence-corrected chi connectivity index (χ1v) is 5.33. The van der Waals surface area contributed by atoms with Gasteiger partial charge in [0.15, 0.2) is 0 Å². The quantitative estimate of drug-likeness (QED) is 0.684. The summed E-state index contributed by atoms with van der Waals surface area (Å²) in [7, 11) is 1.65. The smallest absolute Gasteiger partial charge is 0.119 e. The molecule has 3 N–H and O–H groups in total. The van der Waals surface area contributed by atoms with Gasteiger partial charge in [-0.1, -0.05) is 6.07 Å². The maximum absolute atomic E-state index is 10.0. The summed E-state index contributed by atoms with van der Waals surface area (Å²) in [5, 5.41) is 10.0. The molecule has 0 heterocycles. The highest BCUT2D eigenvalue weighted by Gasteiger charge is 2.23. The molecule has 1 aromatic carbocycles. The molecule has 3 heteroatoms. The highest BCUT2D eigenvalue weighted by Crippen LogP contribution is 2.30. The van der Waals surface area contributed by atoms with Gasteiger partial charge in [-0.2, -0.15) is 0 Å². The van der Waals surface area contributed by atoms with Crippen LogP contribution in [0, 0.1) is 0 Å². The van der Waals surface area contributed by atoms with Crippen LogP contribution in [0.2, 0.25) is 0 Å². The van der Waals surface area contributed by atoms with Crippen molar-refractivity contribution in [2.45, 2.75) is 31.4 Å². The molecule has 0 saturated carbocycles. The predicted molar refractivity (Wildman–Crippen MR) is 58.9 cm³/mol. The Kier molecular flexibility index (Phi) is 2.93. The van der Waals surface area contributed by atoms with Crippen molar-refractivity contribution in [2.24, 2.45) is 5.73 Å². The summed E-state index contributed by atoms with van der Waals surface area (Å²) in [6.45, 7) is 0. The molecule has 1 aliphatic rings. The van der Waals surface area contributed by atoms with E-state index in [1.165, 1.54) is 0 Å². The van der Waals surface area contributed by atoms with E-state index in [2.05, 4.69) is 0 Å². The number of hydrogen-bond donors (Lipinski definition) is 2. The molecule has 0 radical (unpaired) electrons. The summed E-state index contributed by atoms with van der Waals surface area (Å²) in [4.78, 5) is 0. The monoisotopic (exact) mass is 207 g/mol. The fraction of sp³-hybridized carbons (Fsp3) is 0.500. The van der Waals surface area contributed by atoms with E-state index in [4.69, 9.17) is 10.5 Å². The molecular formula is C12H17NO2. The summed E-state index contributed by atoms with van der Waals surface area (Å²) in [5.41, 5.74) is 8.00. The molecule has 1 aromatic rings. The van der Waals surface area contributed by atoms with Gasteiger partial charge in [-0.15, -0.1) is 0 Å². The zero-order valence-corrected chi connectivity index (χ0v) is 8.94. The minimum absolute atomic E-state index is 0.139. The van der Waals surface area contributed by atoms with Gasteiger partial charge in [0.25, 0.3) is 0 Å². The van der Waals surface area contributed by atoms with Gasteiger partial charge >= 0.3 is 0 Å². The summed E-state index contributed by atoms with van der Waals surface area (Å²) in [5.74, 6) is 0.844. The number of benzene rings is 1. The minimum atomic E-state index is -0.534. The molecule has 3 nitrogen and oxygen atoms in total. The molecule has 0 spiro atoms. The minimum Gasteiger partial charge on any atom is -0.497 e. The highest BCUT2D eigenvalue weighted by molar-refractivity contribution is 5.38. The maximum atomic E-state index is 10.0. The summed E-state index contributed by atoms with van der Waals surface area (Å²) >= 11 is 0. The van der Waals surface area contributed by atoms with Crippen LogP contribution in [-0.4, -0.2) is 18.3 Å². The van der Waals surface area contributed by atoms with Crippen LogP contribution in [-0.2, 0) is 6.42 Å². The van der Waals surface area contributed by atoms with Crippen molar-refractivity contribution < 1.29 is 9.84 Å². The van der Waals surface area contributed by atoms with Crippen molar-refractivity contribution in [1.29, 1.82) is 0 Å². The van der Waals surface area contributed by atoms with Crippen LogP contribution in [0.1, 0.15) is 30.1 Å². The van der Waals surface area contributed by atoms with Crippen LogP contribution in [0.5, 0.6) is 5.75 Å². The van der Waals surface area contributed by atoms with Gasteiger partial charge < -0.3 is 15.6 Å². The van der Waals surface area contributed by atoms with Gasteiger partial charge in [0.1, 0.15) is 5.75 Å². The standard InChI is InChI=1S/C12H17NO2/c1-15-9-5-6-10-8(7-9)3-2-4-11(13)12(10)14/h5-7,11-12,14H,2-4,13H2,1H3/t11-,12+/m0/s1. The number of hydrogen-bond acceptors (Lipinski definition) is 3. The van der Waals surface area contributed by atoms with Crippen LogP contribution in [0.15, 0.2) is 18.2 Å². The van der Waals surface area contributed by atoms with Crippen LogP contribution < -0.4 is 10.5 Å². The SMILES string of the molecule is COc1ccc2c(c1)CCC[C@H](N)[C@@H]2O. The average molecular weight is 207 g/mol. The van der Waals surface area contributed by atoms with E-state index in [0.717, 1.165) is 36.1 Å². The molecular weight excluding hydrogens is 190 g/mol. The normalized spacial score (nSPS) is 25.5. The lowest BCUT2D eigenvalue weighted by Crippen LogP contribution is -2.27. The second-order valence-corrected chi connectivity index (χ2v) is 4.07. The Labute approximate surface area is 89.9 Å². The summed E-state index contributed by atoms with van der Waals surface area (Å²) in [6, 6.07) is 5.65. The molecule has 0 amide bonds. The third-order valence-electron chi connectivity index (χ3n) is 3.06. The van der Waals surface area contributed by atoms with Gasteiger partial charge in [-0.3, -0.25) is 0 Å². The lowest BCUT2D eigenvalue weighted by Gasteiger charge is -2.17. The van der Waals surface area contributed by atoms with E-state index >= 15 is 0 Å². The molecule has 82 valence electrons. The molecule has 2 atom stereocenters. The molecule has 2 rings (SSSR count). The van der Waals surface area contributed by atoms with Crippen molar-refractivity contribution in [3.8, 4) is 5.75 Å². The topological polar surface area (TPSA) is 55.5 Å². The zero-order chi connectivity index (χ0) is 10.8. The van der Waals surface area contributed by atoms with Gasteiger partial charge in [-0.25, -0.2) is 0 Å². The number of nitrogens with two attached hydrogens (primary N) is 1. The van der Waals surface area contributed by atoms with E-state index < -0.39 is 6.10 Å². The average Bonchev–Trinajstić information content (AvgIpc) is 2.40. The molecule has 1 aliphatic carbocycles. The molecule has 0 aromatic heterocycles. The first kappa shape index (κ1) is 10.5. The number of aryl methyl sites for hydroxylation is 1. The number of aliphatic hydroxyl groups is 1. The van der Waals surface area contributed by atoms with Crippen molar-refractivity contribution in [1.82, 2.24) is 0 Å². The Bertz CT molecular complexity index is 351. The van der Waals surface area contributed by atoms with Gasteiger partial charge in [0, 0.05) is 6.04 Å². The molecule has 0 fully saturated rings. The molecule has 0 saturated heterocycles. The van der Waals surface area contributed by atoms with Crippen LogP contribution >= 0.6 is 0 Å². The van der Waals surface area contributed by atoms with Gasteiger partial charge in [0.2, 0.25) is 0 Å². The first-order valence-electron chi connectivity index (χ1n) is 5.33. The summed E-state index contributed by atoms with van der Waals surface area (Å²) in [6.07, 6.45) is 2.34. The first-order chi connectivity index (χ1) is 7.22. The van der Waals surface area contributed by atoms with Crippen LogP contribution in [0.3, 0.4) is 0 Å². The van der Waals surface area contributed by atoms with E-state index in [-0.39, 0.29) is 6.04 Å². The third-order valence-corrected chi connectivity index (χ3v) is 3.06. The Morgan fingerprint density at radius 2 is 2.27 bits per heavy atom. The Balaban J connectivity index is 2.39. The van der Waals surface area contributed by atoms with Crippen molar-refractivity contribution in [3.63, 3.8) is 0 Å². The van der Waals surface area contributed by atoms with Gasteiger partial charge in [-0.05, 0) is 42.5 Å². The zero-order valence-electron chi connectivity index (χ0n) is 8.94. The third kappa shape index (κ3) is 1.98. The molecule has 0 aliphatic heterocycles. The lowest BCUT2D eigenvalue weighted by molar-refractivity contribution is 0.144. The summed E-state index contributed by atoms with van der Waals surface area (Å²) < 4.78 is 5.17. The van der Waals surface area contributed by atoms with E-state index in [0.29, 0.717) is 0 Å². The Morgan fingerprint density at radius 3 is 3.00 bits per heavy atom. The van der Waals surface area contributed by atoms with E-state index in [1.54, 1.807) is 7.11 Å².